The first-order valence-corrected chi connectivity index (χ1v) is 6.56. The van der Waals surface area contributed by atoms with Crippen molar-refractivity contribution in [1.82, 2.24) is 4.90 Å². The minimum absolute atomic E-state index is 0.0618. The molecule has 1 heterocycles. The molecule has 1 aromatic carbocycles. The van der Waals surface area contributed by atoms with Crippen LogP contribution in [0.5, 0.6) is 5.75 Å². The van der Waals surface area contributed by atoms with Crippen molar-refractivity contribution in [3.63, 3.8) is 0 Å². The molecule has 1 aliphatic heterocycles. The molecule has 1 saturated heterocycles. The molecule has 1 aliphatic rings. The van der Waals surface area contributed by atoms with Gasteiger partial charge in [0.1, 0.15) is 5.75 Å². The van der Waals surface area contributed by atoms with E-state index in [-0.39, 0.29) is 17.8 Å². The second-order valence-corrected chi connectivity index (χ2v) is 5.06. The van der Waals surface area contributed by atoms with Crippen LogP contribution < -0.4 is 4.74 Å². The van der Waals surface area contributed by atoms with Crippen LogP contribution in [0.4, 0.5) is 0 Å². The van der Waals surface area contributed by atoms with Gasteiger partial charge in [-0.3, -0.25) is 4.79 Å². The molecule has 2 rings (SSSR count). The molecular formula is C15H21NO3. The smallest absolute Gasteiger partial charge is 0.309 e. The SMILES string of the molecule is COC(=O)C1CCN(C)CC1c1cccc(OC)c1. The average molecular weight is 263 g/mol. The Morgan fingerprint density at radius 3 is 2.84 bits per heavy atom. The predicted molar refractivity (Wildman–Crippen MR) is 73.4 cm³/mol. The molecule has 0 spiro atoms. The molecule has 2 atom stereocenters. The first-order valence-electron chi connectivity index (χ1n) is 6.56. The maximum atomic E-state index is 11.9. The average Bonchev–Trinajstić information content (AvgIpc) is 2.46. The largest absolute Gasteiger partial charge is 0.497 e. The molecular weight excluding hydrogens is 242 g/mol. The number of carbonyl (C=O) groups excluding carboxylic acids is 1. The number of likely N-dealkylation sites (N-methyl/N-ethyl adjacent to an activating group) is 1. The number of nitrogens with zero attached hydrogens (tertiary/aromatic N) is 1. The number of benzene rings is 1. The Labute approximate surface area is 114 Å². The van der Waals surface area contributed by atoms with E-state index in [1.165, 1.54) is 7.11 Å². The molecule has 0 radical (unpaired) electrons. The molecule has 0 bridgehead atoms. The molecule has 1 fully saturated rings. The van der Waals surface area contributed by atoms with Crippen molar-refractivity contribution >= 4 is 5.97 Å². The van der Waals surface area contributed by atoms with Gasteiger partial charge in [-0.1, -0.05) is 12.1 Å². The third-order valence-corrected chi connectivity index (χ3v) is 3.84. The van der Waals surface area contributed by atoms with Crippen LogP contribution in [0.25, 0.3) is 0 Å². The van der Waals surface area contributed by atoms with Crippen LogP contribution in [-0.2, 0) is 9.53 Å². The lowest BCUT2D eigenvalue weighted by molar-refractivity contribution is -0.147. The van der Waals surface area contributed by atoms with Crippen molar-refractivity contribution in [2.75, 3.05) is 34.4 Å². The van der Waals surface area contributed by atoms with E-state index in [2.05, 4.69) is 18.0 Å². The molecule has 2 unspecified atom stereocenters. The highest BCUT2D eigenvalue weighted by Gasteiger charge is 2.34. The van der Waals surface area contributed by atoms with Crippen LogP contribution in [-0.4, -0.2) is 45.2 Å². The zero-order chi connectivity index (χ0) is 13.8. The van der Waals surface area contributed by atoms with Crippen molar-refractivity contribution in [2.24, 2.45) is 5.92 Å². The van der Waals surface area contributed by atoms with Gasteiger partial charge in [0.05, 0.1) is 20.1 Å². The maximum Gasteiger partial charge on any atom is 0.309 e. The minimum Gasteiger partial charge on any atom is -0.497 e. The van der Waals surface area contributed by atoms with E-state index in [1.54, 1.807) is 7.11 Å². The summed E-state index contributed by atoms with van der Waals surface area (Å²) in [4.78, 5) is 14.2. The van der Waals surface area contributed by atoms with Crippen molar-refractivity contribution in [2.45, 2.75) is 12.3 Å². The summed E-state index contributed by atoms with van der Waals surface area (Å²) >= 11 is 0. The summed E-state index contributed by atoms with van der Waals surface area (Å²) in [6.07, 6.45) is 0.838. The van der Waals surface area contributed by atoms with Gasteiger partial charge in [0.25, 0.3) is 0 Å². The molecule has 1 aromatic rings. The fourth-order valence-electron chi connectivity index (χ4n) is 2.76. The standard InChI is InChI=1S/C15H21NO3/c1-16-8-7-13(15(17)19-3)14(10-16)11-5-4-6-12(9-11)18-2/h4-6,9,13-14H,7-8,10H2,1-3H3. The monoisotopic (exact) mass is 263 g/mol. The highest BCUT2D eigenvalue weighted by molar-refractivity contribution is 5.74. The van der Waals surface area contributed by atoms with Gasteiger partial charge in [0.15, 0.2) is 0 Å². The molecule has 0 amide bonds. The molecule has 0 N–H and O–H groups in total. The second kappa shape index (κ2) is 6.06. The van der Waals surface area contributed by atoms with Crippen molar-refractivity contribution in [3.8, 4) is 5.75 Å². The molecule has 19 heavy (non-hydrogen) atoms. The van der Waals surface area contributed by atoms with E-state index >= 15 is 0 Å². The molecule has 104 valence electrons. The summed E-state index contributed by atoms with van der Waals surface area (Å²) < 4.78 is 10.2. The molecule has 0 aliphatic carbocycles. The Balaban J connectivity index is 2.28. The first kappa shape index (κ1) is 13.9. The van der Waals surface area contributed by atoms with Crippen molar-refractivity contribution in [3.05, 3.63) is 29.8 Å². The Hall–Kier alpha value is -1.55. The highest BCUT2D eigenvalue weighted by Crippen LogP contribution is 2.34. The highest BCUT2D eigenvalue weighted by atomic mass is 16.5. The normalized spacial score (nSPS) is 23.9. The zero-order valence-corrected chi connectivity index (χ0v) is 11.8. The molecule has 0 saturated carbocycles. The van der Waals surface area contributed by atoms with E-state index in [1.807, 2.05) is 18.2 Å². The van der Waals surface area contributed by atoms with Crippen LogP contribution in [0, 0.1) is 5.92 Å². The Kier molecular flexibility index (Phi) is 4.43. The van der Waals surface area contributed by atoms with Gasteiger partial charge < -0.3 is 14.4 Å². The second-order valence-electron chi connectivity index (χ2n) is 5.06. The number of hydrogen-bond acceptors (Lipinski definition) is 4. The molecule has 4 heteroatoms. The number of carbonyl (C=O) groups is 1. The Morgan fingerprint density at radius 2 is 2.16 bits per heavy atom. The molecule has 0 aromatic heterocycles. The van der Waals surface area contributed by atoms with Gasteiger partial charge in [-0.2, -0.15) is 0 Å². The third-order valence-electron chi connectivity index (χ3n) is 3.84. The van der Waals surface area contributed by atoms with Crippen LogP contribution in [0.15, 0.2) is 24.3 Å². The van der Waals surface area contributed by atoms with Crippen LogP contribution in [0.3, 0.4) is 0 Å². The number of likely N-dealkylation sites (tertiary alicyclic amines) is 1. The quantitative estimate of drug-likeness (QED) is 0.781. The van der Waals surface area contributed by atoms with Gasteiger partial charge in [-0.05, 0) is 37.7 Å². The van der Waals surface area contributed by atoms with E-state index < -0.39 is 0 Å². The summed E-state index contributed by atoms with van der Waals surface area (Å²) in [5, 5.41) is 0. The van der Waals surface area contributed by atoms with Crippen LogP contribution in [0.1, 0.15) is 17.9 Å². The predicted octanol–water partition coefficient (Wildman–Crippen LogP) is 1.90. The number of piperidine rings is 1. The van der Waals surface area contributed by atoms with Gasteiger partial charge in [-0.25, -0.2) is 0 Å². The summed E-state index contributed by atoms with van der Waals surface area (Å²) in [5.74, 6) is 0.824. The topological polar surface area (TPSA) is 38.8 Å². The van der Waals surface area contributed by atoms with Crippen LogP contribution in [0.2, 0.25) is 0 Å². The summed E-state index contributed by atoms with van der Waals surface area (Å²) in [7, 11) is 5.20. The molecule has 4 nitrogen and oxygen atoms in total. The van der Waals surface area contributed by atoms with Gasteiger partial charge in [-0.15, -0.1) is 0 Å². The fourth-order valence-corrected chi connectivity index (χ4v) is 2.76. The zero-order valence-electron chi connectivity index (χ0n) is 11.8. The first-order chi connectivity index (χ1) is 9.15. The van der Waals surface area contributed by atoms with Gasteiger partial charge >= 0.3 is 5.97 Å². The number of rotatable bonds is 3. The number of hydrogen-bond donors (Lipinski definition) is 0. The number of ether oxygens (including phenoxy) is 2. The van der Waals surface area contributed by atoms with E-state index in [0.29, 0.717) is 0 Å². The lowest BCUT2D eigenvalue weighted by Gasteiger charge is -2.35. The maximum absolute atomic E-state index is 11.9. The summed E-state index contributed by atoms with van der Waals surface area (Å²) in [6.45, 7) is 1.80. The Morgan fingerprint density at radius 1 is 1.37 bits per heavy atom. The Bertz CT molecular complexity index is 447. The number of methoxy groups -OCH3 is 2. The fraction of sp³-hybridized carbons (Fsp3) is 0.533. The van der Waals surface area contributed by atoms with Crippen molar-refractivity contribution < 1.29 is 14.3 Å². The summed E-state index contributed by atoms with van der Waals surface area (Å²) in [5.41, 5.74) is 1.14. The van der Waals surface area contributed by atoms with Gasteiger partial charge in [0, 0.05) is 12.5 Å². The van der Waals surface area contributed by atoms with E-state index in [4.69, 9.17) is 9.47 Å². The minimum atomic E-state index is -0.110. The lowest BCUT2D eigenvalue weighted by Crippen LogP contribution is -2.40. The lowest BCUT2D eigenvalue weighted by atomic mass is 9.81. The van der Waals surface area contributed by atoms with E-state index in [0.717, 1.165) is 30.8 Å². The van der Waals surface area contributed by atoms with E-state index in [9.17, 15) is 4.79 Å². The number of esters is 1. The van der Waals surface area contributed by atoms with Crippen molar-refractivity contribution in [1.29, 1.82) is 0 Å². The van der Waals surface area contributed by atoms with Gasteiger partial charge in [0.2, 0.25) is 0 Å². The third kappa shape index (κ3) is 3.07. The van der Waals surface area contributed by atoms with Crippen LogP contribution >= 0.6 is 0 Å². The summed E-state index contributed by atoms with van der Waals surface area (Å²) in [6, 6.07) is 7.96.